The number of nitrogens with zero attached hydrogens (tertiary/aromatic N) is 2. The van der Waals surface area contributed by atoms with Gasteiger partial charge in [-0.25, -0.2) is 0 Å². The minimum Gasteiger partial charge on any atom is -0.854 e. The van der Waals surface area contributed by atoms with E-state index in [9.17, 15) is 5.11 Å². The molecular formula is C13H12N2O2. The number of benzene rings is 1. The van der Waals surface area contributed by atoms with E-state index in [4.69, 9.17) is 5.11 Å². The van der Waals surface area contributed by atoms with Gasteiger partial charge in [0.25, 0.3) is 0 Å². The topological polar surface area (TPSA) is 59.5 Å². The van der Waals surface area contributed by atoms with Crippen molar-refractivity contribution in [2.24, 2.45) is 5.10 Å². The minimum absolute atomic E-state index is 0.0735. The van der Waals surface area contributed by atoms with E-state index < -0.39 is 0 Å². The zero-order valence-electron chi connectivity index (χ0n) is 9.15. The van der Waals surface area contributed by atoms with Gasteiger partial charge in [0.15, 0.2) is 0 Å². The minimum atomic E-state index is -0.314. The molecule has 2 rings (SSSR count). The van der Waals surface area contributed by atoms with Crippen LogP contribution in [0.25, 0.3) is 0 Å². The molecule has 0 spiro atoms. The van der Waals surface area contributed by atoms with Crippen LogP contribution in [0.15, 0.2) is 60.0 Å². The molecule has 0 saturated heterocycles. The summed E-state index contributed by atoms with van der Waals surface area (Å²) in [4.78, 5) is 0. The van der Waals surface area contributed by atoms with E-state index >= 15 is 0 Å². The maximum atomic E-state index is 11.8. The summed E-state index contributed by atoms with van der Waals surface area (Å²) in [5.41, 5.74) is 1.24. The standard InChI is InChI=1S/C13H12N2O2/c16-10-11-5-4-8-15(9-11)14-13(17)12-6-2-1-3-7-12/h1-9,16H,10H2. The molecular weight excluding hydrogens is 216 g/mol. The van der Waals surface area contributed by atoms with E-state index in [0.29, 0.717) is 11.1 Å². The Morgan fingerprint density at radius 3 is 2.65 bits per heavy atom. The number of hydrogen-bond acceptors (Lipinski definition) is 3. The van der Waals surface area contributed by atoms with Gasteiger partial charge in [0.1, 0.15) is 0 Å². The Hall–Kier alpha value is -2.20. The second-order valence-electron chi connectivity index (χ2n) is 3.52. The lowest BCUT2D eigenvalue weighted by Crippen LogP contribution is -2.33. The molecule has 0 bridgehead atoms. The van der Waals surface area contributed by atoms with Crippen molar-refractivity contribution < 1.29 is 14.9 Å². The first-order valence-corrected chi connectivity index (χ1v) is 5.22. The Morgan fingerprint density at radius 1 is 1.18 bits per heavy atom. The summed E-state index contributed by atoms with van der Waals surface area (Å²) >= 11 is 0. The predicted octanol–water partition coefficient (Wildman–Crippen LogP) is 0.0366. The van der Waals surface area contributed by atoms with Gasteiger partial charge in [-0.3, -0.25) is 0 Å². The molecule has 86 valence electrons. The van der Waals surface area contributed by atoms with E-state index in [0.717, 1.165) is 0 Å². The molecule has 0 radical (unpaired) electrons. The normalized spacial score (nSPS) is 11.5. The van der Waals surface area contributed by atoms with Crippen LogP contribution in [-0.2, 0) is 6.61 Å². The summed E-state index contributed by atoms with van der Waals surface area (Å²) < 4.78 is 1.40. The molecule has 1 aromatic heterocycles. The summed E-state index contributed by atoms with van der Waals surface area (Å²) in [6.45, 7) is -0.0735. The molecule has 0 aliphatic heterocycles. The lowest BCUT2D eigenvalue weighted by molar-refractivity contribution is -0.681. The van der Waals surface area contributed by atoms with E-state index in [-0.39, 0.29) is 12.5 Å². The van der Waals surface area contributed by atoms with Crippen LogP contribution in [0.5, 0.6) is 0 Å². The number of aliphatic hydroxyl groups is 1. The third-order valence-electron chi connectivity index (χ3n) is 2.26. The highest BCUT2D eigenvalue weighted by atomic mass is 16.3. The number of pyridine rings is 1. The second-order valence-corrected chi connectivity index (χ2v) is 3.52. The van der Waals surface area contributed by atoms with Gasteiger partial charge in [-0.2, -0.15) is 0 Å². The average Bonchev–Trinajstić information content (AvgIpc) is 2.40. The summed E-state index contributed by atoms with van der Waals surface area (Å²) in [5, 5.41) is 24.6. The second kappa shape index (κ2) is 5.23. The smallest absolute Gasteiger partial charge is 0.207 e. The molecule has 0 fully saturated rings. The molecule has 0 aliphatic rings. The molecule has 4 nitrogen and oxygen atoms in total. The fourth-order valence-corrected chi connectivity index (χ4v) is 1.41. The molecule has 17 heavy (non-hydrogen) atoms. The van der Waals surface area contributed by atoms with Crippen LogP contribution in [-0.4, -0.2) is 11.0 Å². The van der Waals surface area contributed by atoms with Crippen LogP contribution in [0.1, 0.15) is 11.1 Å². The molecule has 0 aliphatic carbocycles. The SMILES string of the molecule is [O-]/C(=N\[n+]1cccc(CO)c1)c1ccccc1. The third kappa shape index (κ3) is 2.89. The van der Waals surface area contributed by atoms with Crippen molar-refractivity contribution >= 4 is 5.90 Å². The number of aromatic nitrogens is 1. The summed E-state index contributed by atoms with van der Waals surface area (Å²) in [6.07, 6.45) is 3.26. The fourth-order valence-electron chi connectivity index (χ4n) is 1.41. The summed E-state index contributed by atoms with van der Waals surface area (Å²) in [5.74, 6) is -0.314. The van der Waals surface area contributed by atoms with Crippen molar-refractivity contribution in [3.8, 4) is 0 Å². The zero-order valence-corrected chi connectivity index (χ0v) is 9.15. The molecule has 2 aromatic rings. The van der Waals surface area contributed by atoms with Crippen molar-refractivity contribution in [1.82, 2.24) is 0 Å². The highest BCUT2D eigenvalue weighted by Crippen LogP contribution is 1.97. The highest BCUT2D eigenvalue weighted by molar-refractivity contribution is 5.89. The van der Waals surface area contributed by atoms with Crippen LogP contribution in [0.3, 0.4) is 0 Å². The van der Waals surface area contributed by atoms with Gasteiger partial charge >= 0.3 is 0 Å². The van der Waals surface area contributed by atoms with Gasteiger partial charge in [0.2, 0.25) is 12.4 Å². The van der Waals surface area contributed by atoms with Crippen LogP contribution < -0.4 is 9.78 Å². The van der Waals surface area contributed by atoms with Crippen molar-refractivity contribution in [2.75, 3.05) is 0 Å². The Balaban J connectivity index is 2.29. The maximum absolute atomic E-state index is 11.8. The van der Waals surface area contributed by atoms with Gasteiger partial charge in [0, 0.05) is 11.6 Å². The van der Waals surface area contributed by atoms with Crippen LogP contribution in [0.2, 0.25) is 0 Å². The Morgan fingerprint density at radius 2 is 1.94 bits per heavy atom. The molecule has 0 saturated carbocycles. The van der Waals surface area contributed by atoms with E-state index in [1.165, 1.54) is 4.68 Å². The first-order valence-electron chi connectivity index (χ1n) is 5.22. The monoisotopic (exact) mass is 228 g/mol. The third-order valence-corrected chi connectivity index (χ3v) is 2.26. The van der Waals surface area contributed by atoms with Crippen molar-refractivity contribution in [3.63, 3.8) is 0 Å². The average molecular weight is 228 g/mol. The van der Waals surface area contributed by atoms with Gasteiger partial charge in [-0.15, -0.1) is 0 Å². The van der Waals surface area contributed by atoms with E-state index in [2.05, 4.69) is 5.10 Å². The lowest BCUT2D eigenvalue weighted by Gasteiger charge is -2.05. The molecule has 1 heterocycles. The molecule has 0 atom stereocenters. The van der Waals surface area contributed by atoms with Crippen molar-refractivity contribution in [2.45, 2.75) is 6.61 Å². The first-order chi connectivity index (χ1) is 8.29. The van der Waals surface area contributed by atoms with Crippen molar-refractivity contribution in [3.05, 3.63) is 66.0 Å². The lowest BCUT2D eigenvalue weighted by atomic mass is 10.2. The number of hydrogen-bond donors (Lipinski definition) is 1. The fraction of sp³-hybridized carbons (Fsp3) is 0.0769. The molecule has 0 unspecified atom stereocenters. The number of rotatable bonds is 3. The molecule has 1 N–H and O–H groups in total. The molecule has 1 aromatic carbocycles. The van der Waals surface area contributed by atoms with E-state index in [1.807, 2.05) is 6.07 Å². The Bertz CT molecular complexity index is 524. The van der Waals surface area contributed by atoms with Crippen LogP contribution >= 0.6 is 0 Å². The van der Waals surface area contributed by atoms with Gasteiger partial charge in [-0.1, -0.05) is 35.0 Å². The van der Waals surface area contributed by atoms with Gasteiger partial charge < -0.3 is 10.2 Å². The maximum Gasteiger partial charge on any atom is 0.207 e. The van der Waals surface area contributed by atoms with Gasteiger partial charge in [0.05, 0.1) is 12.5 Å². The molecule has 4 heteroatoms. The van der Waals surface area contributed by atoms with Crippen LogP contribution in [0.4, 0.5) is 0 Å². The molecule has 0 amide bonds. The van der Waals surface area contributed by atoms with Crippen LogP contribution in [0, 0.1) is 0 Å². The first kappa shape index (κ1) is 11.3. The zero-order chi connectivity index (χ0) is 12.1. The number of aliphatic hydroxyl groups excluding tert-OH is 1. The Kier molecular flexibility index (Phi) is 3.47. The van der Waals surface area contributed by atoms with Crippen molar-refractivity contribution in [1.29, 1.82) is 0 Å². The van der Waals surface area contributed by atoms with E-state index in [1.54, 1.807) is 48.8 Å². The highest BCUT2D eigenvalue weighted by Gasteiger charge is 2.00. The van der Waals surface area contributed by atoms with Gasteiger partial charge in [-0.05, 0) is 16.7 Å². The summed E-state index contributed by atoms with van der Waals surface area (Å²) in [7, 11) is 0. The predicted molar refractivity (Wildman–Crippen MR) is 60.9 cm³/mol. The quantitative estimate of drug-likeness (QED) is 0.458. The Labute approximate surface area is 99.1 Å². The largest absolute Gasteiger partial charge is 0.854 e. The summed E-state index contributed by atoms with van der Waals surface area (Å²) in [6, 6.07) is 12.3.